The maximum Gasteiger partial charge on any atom is 0.323 e. The van der Waals surface area contributed by atoms with Crippen LogP contribution in [-0.2, 0) is 24.2 Å². The molecule has 0 spiro atoms. The van der Waals surface area contributed by atoms with E-state index in [-0.39, 0.29) is 30.4 Å². The minimum atomic E-state index is -1.08. The van der Waals surface area contributed by atoms with Crippen LogP contribution < -0.4 is 5.43 Å². The molecule has 0 aliphatic rings. The average Bonchev–Trinajstić information content (AvgIpc) is 2.94. The summed E-state index contributed by atoms with van der Waals surface area (Å²) in [6, 6.07) is 5.25. The van der Waals surface area contributed by atoms with Crippen molar-refractivity contribution in [3.8, 4) is 0 Å². The predicted octanol–water partition coefficient (Wildman–Crippen LogP) is 2.91. The van der Waals surface area contributed by atoms with Crippen molar-refractivity contribution in [2.45, 2.75) is 26.3 Å². The lowest BCUT2D eigenvalue weighted by molar-refractivity contribution is -0.137. The van der Waals surface area contributed by atoms with E-state index in [1.807, 2.05) is 0 Å². The van der Waals surface area contributed by atoms with Crippen LogP contribution in [0.1, 0.15) is 16.3 Å². The van der Waals surface area contributed by atoms with Gasteiger partial charge >= 0.3 is 5.97 Å². The second-order valence-electron chi connectivity index (χ2n) is 5.58. The van der Waals surface area contributed by atoms with Gasteiger partial charge in [-0.1, -0.05) is 12.1 Å². The van der Waals surface area contributed by atoms with Crippen LogP contribution in [0.5, 0.6) is 0 Å². The number of pyridine rings is 1. The Hall–Kier alpha value is -2.61. The smallest absolute Gasteiger partial charge is 0.323 e. The number of aryl methyl sites for hydroxylation is 3. The normalized spacial score (nSPS) is 11.2. The molecular formula is C17H14F2N2O3S. The first kappa shape index (κ1) is 17.2. The maximum absolute atomic E-state index is 13.8. The van der Waals surface area contributed by atoms with Crippen LogP contribution in [0.25, 0.3) is 10.3 Å². The Morgan fingerprint density at radius 2 is 2.08 bits per heavy atom. The molecule has 0 aliphatic heterocycles. The number of carbonyl (C=O) groups is 1. The van der Waals surface area contributed by atoms with E-state index in [9.17, 15) is 18.4 Å². The number of carboxylic acid groups (broad SMARTS) is 1. The fourth-order valence-corrected chi connectivity index (χ4v) is 3.55. The van der Waals surface area contributed by atoms with E-state index >= 15 is 0 Å². The molecule has 130 valence electrons. The van der Waals surface area contributed by atoms with Crippen molar-refractivity contribution < 1.29 is 18.7 Å². The minimum absolute atomic E-state index is 0.136. The second kappa shape index (κ2) is 6.72. The average molecular weight is 364 g/mol. The Kier molecular flexibility index (Phi) is 4.63. The summed E-state index contributed by atoms with van der Waals surface area (Å²) in [6.45, 7) is 1.37. The zero-order chi connectivity index (χ0) is 18.1. The number of benzene rings is 1. The van der Waals surface area contributed by atoms with Gasteiger partial charge < -0.3 is 9.67 Å². The van der Waals surface area contributed by atoms with E-state index in [0.29, 0.717) is 21.0 Å². The molecule has 0 radical (unpaired) electrons. The van der Waals surface area contributed by atoms with E-state index in [1.165, 1.54) is 34.1 Å². The molecule has 8 heteroatoms. The van der Waals surface area contributed by atoms with Crippen LogP contribution in [-0.4, -0.2) is 20.6 Å². The number of hydrogen-bond acceptors (Lipinski definition) is 4. The van der Waals surface area contributed by atoms with Crippen LogP contribution in [0.4, 0.5) is 8.78 Å². The number of nitrogens with zero attached hydrogens (tertiary/aromatic N) is 2. The fraction of sp³-hybridized carbons (Fsp3) is 0.235. The lowest BCUT2D eigenvalue weighted by Gasteiger charge is -2.13. The van der Waals surface area contributed by atoms with Crippen molar-refractivity contribution in [2.75, 3.05) is 0 Å². The summed E-state index contributed by atoms with van der Waals surface area (Å²) < 4.78 is 28.9. The predicted molar refractivity (Wildman–Crippen MR) is 90.0 cm³/mol. The first-order chi connectivity index (χ1) is 11.9. The van der Waals surface area contributed by atoms with Crippen LogP contribution in [0.3, 0.4) is 0 Å². The van der Waals surface area contributed by atoms with Crippen LogP contribution in [0.2, 0.25) is 0 Å². The molecule has 0 unspecified atom stereocenters. The van der Waals surface area contributed by atoms with Crippen molar-refractivity contribution in [1.82, 2.24) is 9.55 Å². The Morgan fingerprint density at radius 3 is 2.80 bits per heavy atom. The van der Waals surface area contributed by atoms with Gasteiger partial charge in [-0.15, -0.1) is 11.3 Å². The topological polar surface area (TPSA) is 72.2 Å². The molecule has 0 amide bonds. The number of carboxylic acids is 1. The van der Waals surface area contributed by atoms with Crippen molar-refractivity contribution in [3.05, 3.63) is 62.4 Å². The van der Waals surface area contributed by atoms with E-state index in [4.69, 9.17) is 5.11 Å². The molecule has 2 heterocycles. The van der Waals surface area contributed by atoms with Crippen LogP contribution in [0, 0.1) is 18.6 Å². The highest BCUT2D eigenvalue weighted by Crippen LogP contribution is 2.21. The Labute approximate surface area is 145 Å². The fourth-order valence-electron chi connectivity index (χ4n) is 2.71. The number of aromatic nitrogens is 2. The summed E-state index contributed by atoms with van der Waals surface area (Å²) in [5, 5.41) is 9.81. The highest BCUT2D eigenvalue weighted by Gasteiger charge is 2.16. The molecule has 0 saturated carbocycles. The van der Waals surface area contributed by atoms with E-state index in [2.05, 4.69) is 4.98 Å². The minimum Gasteiger partial charge on any atom is -0.480 e. The number of hydrogen-bond donors (Lipinski definition) is 1. The van der Waals surface area contributed by atoms with Crippen LogP contribution >= 0.6 is 11.3 Å². The van der Waals surface area contributed by atoms with Gasteiger partial charge in [-0.05, 0) is 31.4 Å². The zero-order valence-corrected chi connectivity index (χ0v) is 14.1. The number of halogens is 2. The molecule has 1 aromatic carbocycles. The van der Waals surface area contributed by atoms with E-state index in [1.54, 1.807) is 6.92 Å². The molecule has 0 atom stereocenters. The first-order valence-corrected chi connectivity index (χ1v) is 8.33. The Morgan fingerprint density at radius 1 is 1.32 bits per heavy atom. The molecule has 25 heavy (non-hydrogen) atoms. The van der Waals surface area contributed by atoms with Crippen LogP contribution in [0.15, 0.2) is 29.1 Å². The molecule has 0 aliphatic carbocycles. The summed E-state index contributed by atoms with van der Waals surface area (Å²) in [4.78, 5) is 27.7. The quantitative estimate of drug-likeness (QED) is 0.756. The van der Waals surface area contributed by atoms with Gasteiger partial charge in [0.25, 0.3) is 0 Å². The van der Waals surface area contributed by atoms with Gasteiger partial charge in [-0.2, -0.15) is 0 Å². The third-order valence-corrected chi connectivity index (χ3v) is 4.79. The maximum atomic E-state index is 13.8. The summed E-state index contributed by atoms with van der Waals surface area (Å²) in [6.07, 6.45) is 0.326. The zero-order valence-electron chi connectivity index (χ0n) is 13.3. The molecule has 3 rings (SSSR count). The van der Waals surface area contributed by atoms with Crippen molar-refractivity contribution in [2.24, 2.45) is 0 Å². The van der Waals surface area contributed by atoms with E-state index in [0.717, 1.165) is 6.07 Å². The van der Waals surface area contributed by atoms with Gasteiger partial charge in [0.1, 0.15) is 11.2 Å². The Balaban J connectivity index is 2.04. The van der Waals surface area contributed by atoms with Gasteiger partial charge in [-0.3, -0.25) is 9.59 Å². The van der Waals surface area contributed by atoms with Crippen molar-refractivity contribution in [3.63, 3.8) is 0 Å². The molecular weight excluding hydrogens is 350 g/mol. The monoisotopic (exact) mass is 364 g/mol. The molecule has 5 nitrogen and oxygen atoms in total. The first-order valence-electron chi connectivity index (χ1n) is 7.51. The summed E-state index contributed by atoms with van der Waals surface area (Å²) in [5.41, 5.74) is 0.654. The van der Waals surface area contributed by atoms with Gasteiger partial charge in [-0.25, -0.2) is 13.8 Å². The van der Waals surface area contributed by atoms with Crippen molar-refractivity contribution in [1.29, 1.82) is 0 Å². The number of rotatable bonds is 5. The van der Waals surface area contributed by atoms with Gasteiger partial charge in [0.2, 0.25) is 5.43 Å². The molecule has 1 N–H and O–H groups in total. The lowest BCUT2D eigenvalue weighted by atomic mass is 10.1. The standard InChI is InChI=1S/C17H14F2N2O3S/c1-9-20-17-16(25-9)13(22)7-11(21(17)8-14(23)24)6-5-10-3-2-4-12(18)15(10)19/h2-4,7H,5-6,8H2,1H3,(H,23,24). The van der Waals surface area contributed by atoms with Gasteiger partial charge in [0.05, 0.1) is 5.01 Å². The number of fused-ring (bicyclic) bond motifs is 1. The summed E-state index contributed by atoms with van der Waals surface area (Å²) in [7, 11) is 0. The third kappa shape index (κ3) is 3.43. The lowest BCUT2D eigenvalue weighted by Crippen LogP contribution is -2.19. The summed E-state index contributed by atoms with van der Waals surface area (Å²) >= 11 is 1.20. The Bertz CT molecular complexity index is 1030. The molecule has 3 aromatic rings. The summed E-state index contributed by atoms with van der Waals surface area (Å²) in [5.74, 6) is -2.94. The van der Waals surface area contributed by atoms with E-state index < -0.39 is 17.6 Å². The van der Waals surface area contributed by atoms with Gasteiger partial charge in [0.15, 0.2) is 17.3 Å². The largest absolute Gasteiger partial charge is 0.480 e. The third-order valence-electron chi connectivity index (χ3n) is 3.82. The van der Waals surface area contributed by atoms with Crippen molar-refractivity contribution >= 4 is 27.7 Å². The second-order valence-corrected chi connectivity index (χ2v) is 6.78. The highest BCUT2D eigenvalue weighted by molar-refractivity contribution is 7.18. The molecule has 0 fully saturated rings. The highest BCUT2D eigenvalue weighted by atomic mass is 32.1. The molecule has 0 saturated heterocycles. The molecule has 0 bridgehead atoms. The van der Waals surface area contributed by atoms with Gasteiger partial charge in [0, 0.05) is 11.8 Å². The SMILES string of the molecule is Cc1nc2c(s1)c(=O)cc(CCc1cccc(F)c1F)n2CC(=O)O. The number of aliphatic carboxylic acids is 1. The number of thiazole rings is 1. The molecule has 2 aromatic heterocycles.